The molecule has 11 nitrogen and oxygen atoms in total. The van der Waals surface area contributed by atoms with E-state index in [0.29, 0.717) is 11.3 Å². The Labute approximate surface area is 218 Å². The summed E-state index contributed by atoms with van der Waals surface area (Å²) in [5.74, 6) is -2.25. The fourth-order valence-corrected chi connectivity index (χ4v) is 3.72. The SMILES string of the molecule is CC(=O)c1ccc(OCC(O)COc2cc(-n3nnnc3C(N)=O)c(C)cc2Cl)c(CCC(F)(F)F)c1O. The second kappa shape index (κ2) is 11.6. The van der Waals surface area contributed by atoms with Crippen molar-refractivity contribution in [2.24, 2.45) is 5.73 Å². The summed E-state index contributed by atoms with van der Waals surface area (Å²) < 4.78 is 50.5. The Balaban J connectivity index is 1.73. The number of nitrogens with two attached hydrogens (primary N) is 1. The number of carbonyl (C=O) groups excluding carboxylic acids is 2. The van der Waals surface area contributed by atoms with Crippen LogP contribution in [0.15, 0.2) is 24.3 Å². The van der Waals surface area contributed by atoms with Crippen molar-refractivity contribution in [3.05, 3.63) is 51.8 Å². The molecule has 0 spiro atoms. The minimum absolute atomic E-state index is 0.103. The van der Waals surface area contributed by atoms with Crippen LogP contribution in [0.1, 0.15) is 45.4 Å². The summed E-state index contributed by atoms with van der Waals surface area (Å²) in [6.45, 7) is 2.08. The van der Waals surface area contributed by atoms with Gasteiger partial charge in [0.1, 0.15) is 36.6 Å². The molecule has 38 heavy (non-hydrogen) atoms. The van der Waals surface area contributed by atoms with Gasteiger partial charge in [-0.2, -0.15) is 17.9 Å². The second-order valence-electron chi connectivity index (χ2n) is 8.23. The average Bonchev–Trinajstić information content (AvgIpc) is 3.30. The number of Topliss-reactive ketones (excluding diaryl/α,β-unsaturated/α-hetero) is 1. The van der Waals surface area contributed by atoms with Crippen LogP contribution in [0.4, 0.5) is 13.2 Å². The molecule has 0 saturated heterocycles. The van der Waals surface area contributed by atoms with Gasteiger partial charge in [0.2, 0.25) is 5.82 Å². The number of benzene rings is 2. The molecule has 0 aliphatic carbocycles. The molecule has 1 aromatic heterocycles. The summed E-state index contributed by atoms with van der Waals surface area (Å²) in [5, 5.41) is 31.6. The van der Waals surface area contributed by atoms with Crippen LogP contribution in [0.5, 0.6) is 17.2 Å². The standard InChI is InChI=1S/C23H23ClF3N5O6/c1-11-7-16(24)19(8-17(11)32-22(21(28)36)29-30-31-32)38-10-13(34)9-37-18-4-3-14(12(2)33)20(35)15(18)5-6-23(25,26)27/h3-4,7-8,13,34-35H,5-6,9-10H2,1-2H3,(H2,28,36). The summed E-state index contributed by atoms with van der Waals surface area (Å²) in [6, 6.07) is 5.43. The molecule has 0 bridgehead atoms. The van der Waals surface area contributed by atoms with E-state index < -0.39 is 49.2 Å². The minimum atomic E-state index is -4.50. The summed E-state index contributed by atoms with van der Waals surface area (Å²) in [5.41, 5.74) is 5.85. The number of hydrogen-bond acceptors (Lipinski definition) is 9. The summed E-state index contributed by atoms with van der Waals surface area (Å²) in [6.07, 6.45) is -7.67. The number of ketones is 1. The van der Waals surface area contributed by atoms with Crippen LogP contribution in [0, 0.1) is 6.92 Å². The number of phenols is 1. The predicted octanol–water partition coefficient (Wildman–Crippen LogP) is 2.94. The average molecular weight is 558 g/mol. The van der Waals surface area contributed by atoms with Crippen molar-refractivity contribution in [1.29, 1.82) is 0 Å². The zero-order chi connectivity index (χ0) is 28.2. The fourth-order valence-electron chi connectivity index (χ4n) is 3.45. The Morgan fingerprint density at radius 1 is 1.18 bits per heavy atom. The molecular weight excluding hydrogens is 535 g/mol. The lowest BCUT2D eigenvalue weighted by Crippen LogP contribution is -2.25. The molecule has 3 aromatic rings. The number of alkyl halides is 3. The molecule has 1 amide bonds. The lowest BCUT2D eigenvalue weighted by atomic mass is 10.0. The molecule has 4 N–H and O–H groups in total. The Kier molecular flexibility index (Phi) is 8.78. The Hall–Kier alpha value is -3.91. The normalized spacial score (nSPS) is 12.3. The van der Waals surface area contributed by atoms with Gasteiger partial charge in [0.05, 0.1) is 16.3 Å². The van der Waals surface area contributed by atoms with Gasteiger partial charge < -0.3 is 25.4 Å². The monoisotopic (exact) mass is 557 g/mol. The van der Waals surface area contributed by atoms with Crippen LogP contribution in [-0.4, -0.2) is 67.6 Å². The van der Waals surface area contributed by atoms with Crippen LogP contribution in [-0.2, 0) is 6.42 Å². The largest absolute Gasteiger partial charge is 0.507 e. The number of phenolic OH excluding ortho intramolecular Hbond substituents is 1. The highest BCUT2D eigenvalue weighted by atomic mass is 35.5. The number of primary amides is 1. The summed E-state index contributed by atoms with van der Waals surface area (Å²) in [4.78, 5) is 23.3. The maximum absolute atomic E-state index is 12.8. The van der Waals surface area contributed by atoms with E-state index in [9.17, 15) is 33.0 Å². The smallest absolute Gasteiger partial charge is 0.389 e. The molecule has 2 aromatic carbocycles. The number of aryl methyl sites for hydroxylation is 1. The van der Waals surface area contributed by atoms with E-state index in [-0.39, 0.29) is 40.1 Å². The molecule has 0 aliphatic heterocycles. The number of carbonyl (C=O) groups is 2. The Bertz CT molecular complexity index is 1350. The molecule has 3 rings (SSSR count). The lowest BCUT2D eigenvalue weighted by molar-refractivity contribution is -0.134. The maximum Gasteiger partial charge on any atom is 0.389 e. The van der Waals surface area contributed by atoms with Crippen LogP contribution in [0.2, 0.25) is 5.02 Å². The number of amides is 1. The second-order valence-corrected chi connectivity index (χ2v) is 8.64. The molecular formula is C23H23ClF3N5O6. The first kappa shape index (κ1) is 28.7. The number of rotatable bonds is 11. The van der Waals surface area contributed by atoms with Gasteiger partial charge in [-0.05, 0) is 54.5 Å². The minimum Gasteiger partial charge on any atom is -0.507 e. The molecule has 15 heteroatoms. The zero-order valence-corrected chi connectivity index (χ0v) is 20.9. The Morgan fingerprint density at radius 3 is 2.45 bits per heavy atom. The molecule has 0 radical (unpaired) electrons. The number of aliphatic hydroxyl groups is 1. The zero-order valence-electron chi connectivity index (χ0n) is 20.1. The van der Waals surface area contributed by atoms with Crippen molar-refractivity contribution in [3.8, 4) is 22.9 Å². The first-order valence-electron chi connectivity index (χ1n) is 11.0. The van der Waals surface area contributed by atoms with Gasteiger partial charge in [0, 0.05) is 18.1 Å². The molecule has 0 aliphatic rings. The Morgan fingerprint density at radius 2 is 1.84 bits per heavy atom. The van der Waals surface area contributed by atoms with Crippen molar-refractivity contribution >= 4 is 23.3 Å². The van der Waals surface area contributed by atoms with Gasteiger partial charge in [0.25, 0.3) is 5.91 Å². The maximum atomic E-state index is 12.8. The van der Waals surface area contributed by atoms with E-state index >= 15 is 0 Å². The quantitative estimate of drug-likeness (QED) is 0.301. The van der Waals surface area contributed by atoms with Crippen LogP contribution in [0.25, 0.3) is 5.69 Å². The van der Waals surface area contributed by atoms with E-state index in [1.807, 2.05) is 0 Å². The summed E-state index contributed by atoms with van der Waals surface area (Å²) >= 11 is 6.23. The van der Waals surface area contributed by atoms with Crippen molar-refractivity contribution in [2.75, 3.05) is 13.2 Å². The van der Waals surface area contributed by atoms with Crippen LogP contribution in [0.3, 0.4) is 0 Å². The van der Waals surface area contributed by atoms with E-state index in [0.717, 1.165) is 4.68 Å². The van der Waals surface area contributed by atoms with Gasteiger partial charge in [0.15, 0.2) is 5.78 Å². The van der Waals surface area contributed by atoms with Crippen molar-refractivity contribution < 1.29 is 42.4 Å². The number of halogens is 4. The molecule has 1 atom stereocenters. The molecule has 1 unspecified atom stereocenters. The van der Waals surface area contributed by atoms with E-state index in [1.165, 1.54) is 31.2 Å². The van der Waals surface area contributed by atoms with Crippen LogP contribution < -0.4 is 15.2 Å². The molecule has 0 fully saturated rings. The van der Waals surface area contributed by atoms with Gasteiger partial charge in [-0.3, -0.25) is 9.59 Å². The third-order valence-electron chi connectivity index (χ3n) is 5.31. The predicted molar refractivity (Wildman–Crippen MR) is 127 cm³/mol. The third kappa shape index (κ3) is 6.89. The summed E-state index contributed by atoms with van der Waals surface area (Å²) in [7, 11) is 0. The number of tetrazole rings is 1. The number of aliphatic hydroxyl groups excluding tert-OH is 1. The number of nitrogens with zero attached hydrogens (tertiary/aromatic N) is 4. The first-order chi connectivity index (χ1) is 17.8. The van der Waals surface area contributed by atoms with Crippen molar-refractivity contribution in [3.63, 3.8) is 0 Å². The topological polar surface area (TPSA) is 163 Å². The first-order valence-corrected chi connectivity index (χ1v) is 11.4. The van der Waals surface area contributed by atoms with Crippen molar-refractivity contribution in [1.82, 2.24) is 20.2 Å². The van der Waals surface area contributed by atoms with E-state index in [1.54, 1.807) is 6.92 Å². The third-order valence-corrected chi connectivity index (χ3v) is 5.60. The van der Waals surface area contributed by atoms with Crippen molar-refractivity contribution in [2.45, 2.75) is 39.0 Å². The highest BCUT2D eigenvalue weighted by Gasteiger charge is 2.29. The highest BCUT2D eigenvalue weighted by Crippen LogP contribution is 2.35. The number of aromatic nitrogens is 4. The number of hydrogen-bond donors (Lipinski definition) is 3. The highest BCUT2D eigenvalue weighted by molar-refractivity contribution is 6.32. The fraction of sp³-hybridized carbons (Fsp3) is 0.348. The van der Waals surface area contributed by atoms with E-state index in [4.69, 9.17) is 26.8 Å². The molecule has 1 heterocycles. The molecule has 204 valence electrons. The number of ether oxygens (including phenoxy) is 2. The molecule has 0 saturated carbocycles. The van der Waals surface area contributed by atoms with Gasteiger partial charge in [-0.25, -0.2) is 0 Å². The van der Waals surface area contributed by atoms with Crippen LogP contribution >= 0.6 is 11.6 Å². The van der Waals surface area contributed by atoms with Gasteiger partial charge in [-0.15, -0.1) is 5.10 Å². The van der Waals surface area contributed by atoms with Gasteiger partial charge >= 0.3 is 6.18 Å². The number of aromatic hydroxyl groups is 1. The lowest BCUT2D eigenvalue weighted by Gasteiger charge is -2.18. The van der Waals surface area contributed by atoms with E-state index in [2.05, 4.69) is 15.5 Å². The van der Waals surface area contributed by atoms with Gasteiger partial charge in [-0.1, -0.05) is 11.6 Å².